The lowest BCUT2D eigenvalue weighted by molar-refractivity contribution is -0.0900. The van der Waals surface area contributed by atoms with Crippen molar-refractivity contribution < 1.29 is 4.74 Å². The van der Waals surface area contributed by atoms with Crippen LogP contribution in [-0.2, 0) is 4.74 Å². The molecule has 1 aromatic rings. The minimum Gasteiger partial charge on any atom is -0.351 e. The molecule has 120 valence electrons. The molecule has 1 saturated heterocycles. The molecule has 0 amide bonds. The molecule has 1 fully saturated rings. The van der Waals surface area contributed by atoms with Crippen molar-refractivity contribution in [2.24, 2.45) is 11.0 Å². The lowest BCUT2D eigenvalue weighted by Gasteiger charge is -2.31. The maximum atomic E-state index is 12.1. The van der Waals surface area contributed by atoms with E-state index in [0.29, 0.717) is 5.56 Å². The third-order valence-corrected chi connectivity index (χ3v) is 4.79. The number of H-pyrrole nitrogens is 1. The number of hydrogen-bond donors (Lipinski definition) is 1. The lowest BCUT2D eigenvalue weighted by atomic mass is 9.82. The first-order chi connectivity index (χ1) is 10.4. The fraction of sp³-hybridized carbons (Fsp3) is 0.714. The Morgan fingerprint density at radius 3 is 2.64 bits per heavy atom. The first-order valence-corrected chi connectivity index (χ1v) is 7.44. The molecule has 0 aliphatic carbocycles. The number of nitrogens with one attached hydrogen (secondary N) is 1. The zero-order valence-electron chi connectivity index (χ0n) is 13.2. The number of nitrogens with zero attached hydrogens (tertiary/aromatic N) is 4. The first-order valence-electron chi connectivity index (χ1n) is 7.44. The topological polar surface area (TPSA) is 113 Å². The van der Waals surface area contributed by atoms with Crippen LogP contribution in [0.2, 0.25) is 0 Å². The Hall–Kier alpha value is -2.05. The van der Waals surface area contributed by atoms with Crippen LogP contribution in [0, 0.1) is 12.8 Å². The normalized spacial score (nSPS) is 26.6. The van der Waals surface area contributed by atoms with Gasteiger partial charge in [-0.1, -0.05) is 25.9 Å². The number of rotatable bonds is 4. The first kappa shape index (κ1) is 16.3. The lowest BCUT2D eigenvalue weighted by Crippen LogP contribution is -2.36. The summed E-state index contributed by atoms with van der Waals surface area (Å²) in [6.07, 6.45) is 2.24. The van der Waals surface area contributed by atoms with E-state index in [-0.39, 0.29) is 5.92 Å². The van der Waals surface area contributed by atoms with E-state index in [4.69, 9.17) is 10.3 Å². The van der Waals surface area contributed by atoms with Crippen molar-refractivity contribution >= 4 is 0 Å². The van der Waals surface area contributed by atoms with Gasteiger partial charge in [0.1, 0.15) is 6.23 Å². The van der Waals surface area contributed by atoms with E-state index in [9.17, 15) is 9.59 Å². The monoisotopic (exact) mass is 307 g/mol. The fourth-order valence-corrected chi connectivity index (χ4v) is 3.25. The Kier molecular flexibility index (Phi) is 4.44. The van der Waals surface area contributed by atoms with Crippen molar-refractivity contribution in [1.82, 2.24) is 9.55 Å². The highest BCUT2D eigenvalue weighted by atomic mass is 16.5. The van der Waals surface area contributed by atoms with Crippen LogP contribution in [0.15, 0.2) is 20.9 Å². The van der Waals surface area contributed by atoms with E-state index >= 15 is 0 Å². The molecule has 1 N–H and O–H groups in total. The maximum Gasteiger partial charge on any atom is 0.330 e. The molecular weight excluding hydrogens is 286 g/mol. The number of aryl methyl sites for hydroxylation is 1. The van der Waals surface area contributed by atoms with Crippen LogP contribution in [0.5, 0.6) is 0 Å². The van der Waals surface area contributed by atoms with E-state index < -0.39 is 29.1 Å². The van der Waals surface area contributed by atoms with Crippen LogP contribution < -0.4 is 11.2 Å². The van der Waals surface area contributed by atoms with E-state index in [1.165, 1.54) is 10.8 Å². The van der Waals surface area contributed by atoms with Gasteiger partial charge in [0.15, 0.2) is 0 Å². The number of aromatic amines is 1. The van der Waals surface area contributed by atoms with Crippen molar-refractivity contribution in [1.29, 1.82) is 0 Å². The SMILES string of the molecule is CCC1(CC)O[C@@H](n2cc(C)c(=O)[nH]c2=O)[C@H](N=[N+]=[N-])[C@@H]1C. The average molecular weight is 307 g/mol. The van der Waals surface area contributed by atoms with Gasteiger partial charge in [0.25, 0.3) is 5.56 Å². The average Bonchev–Trinajstić information content (AvgIpc) is 2.77. The highest BCUT2D eigenvalue weighted by molar-refractivity contribution is 5.06. The molecule has 22 heavy (non-hydrogen) atoms. The molecule has 0 bridgehead atoms. The van der Waals surface area contributed by atoms with Crippen molar-refractivity contribution in [3.8, 4) is 0 Å². The Labute approximate surface area is 127 Å². The quantitative estimate of drug-likeness (QED) is 0.522. The molecule has 1 aliphatic rings. The van der Waals surface area contributed by atoms with Gasteiger partial charge in [-0.2, -0.15) is 0 Å². The number of azide groups is 1. The standard InChI is InChI=1S/C14H21N5O3/c1-5-14(6-2)9(4)10(17-18-15)12(22-14)19-7-8(3)11(20)16-13(19)21/h7,9-10,12H,5-6H2,1-4H3,(H,16,20,21)/t9-,10+,12+/m0/s1. The molecule has 0 radical (unpaired) electrons. The second-order valence-electron chi connectivity index (χ2n) is 5.74. The van der Waals surface area contributed by atoms with Crippen molar-refractivity contribution in [2.45, 2.75) is 58.4 Å². The summed E-state index contributed by atoms with van der Waals surface area (Å²) in [4.78, 5) is 28.8. The van der Waals surface area contributed by atoms with Gasteiger partial charge in [-0.25, -0.2) is 4.79 Å². The molecule has 3 atom stereocenters. The molecule has 0 spiro atoms. The number of hydrogen-bond acceptors (Lipinski definition) is 4. The summed E-state index contributed by atoms with van der Waals surface area (Å²) in [7, 11) is 0. The van der Waals surface area contributed by atoms with Gasteiger partial charge in [0.2, 0.25) is 0 Å². The Morgan fingerprint density at radius 2 is 2.09 bits per heavy atom. The van der Waals surface area contributed by atoms with E-state index in [1.807, 2.05) is 20.8 Å². The molecule has 8 heteroatoms. The molecule has 0 saturated carbocycles. The van der Waals surface area contributed by atoms with Crippen LogP contribution in [0.1, 0.15) is 45.4 Å². The van der Waals surface area contributed by atoms with Gasteiger partial charge in [0, 0.05) is 16.7 Å². The maximum absolute atomic E-state index is 12.1. The third kappa shape index (κ3) is 2.44. The number of ether oxygens (including phenoxy) is 1. The highest BCUT2D eigenvalue weighted by Crippen LogP contribution is 2.46. The molecule has 0 aromatic carbocycles. The van der Waals surface area contributed by atoms with Gasteiger partial charge < -0.3 is 4.74 Å². The van der Waals surface area contributed by atoms with E-state index in [0.717, 1.165) is 12.8 Å². The van der Waals surface area contributed by atoms with Gasteiger partial charge in [-0.15, -0.1) is 0 Å². The Balaban J connectivity index is 2.58. The van der Waals surface area contributed by atoms with Crippen LogP contribution >= 0.6 is 0 Å². The molecule has 2 heterocycles. The summed E-state index contributed by atoms with van der Waals surface area (Å²) in [6.45, 7) is 7.60. The summed E-state index contributed by atoms with van der Waals surface area (Å²) >= 11 is 0. The third-order valence-electron chi connectivity index (χ3n) is 4.79. The minimum absolute atomic E-state index is 0.0393. The minimum atomic E-state index is -0.714. The van der Waals surface area contributed by atoms with Gasteiger partial charge >= 0.3 is 5.69 Å². The van der Waals surface area contributed by atoms with Crippen molar-refractivity contribution in [3.05, 3.63) is 43.0 Å². The van der Waals surface area contributed by atoms with E-state index in [2.05, 4.69) is 15.0 Å². The van der Waals surface area contributed by atoms with Crippen LogP contribution in [0.4, 0.5) is 0 Å². The Bertz CT molecular complexity index is 712. The largest absolute Gasteiger partial charge is 0.351 e. The van der Waals surface area contributed by atoms with Crippen molar-refractivity contribution in [3.63, 3.8) is 0 Å². The highest BCUT2D eigenvalue weighted by Gasteiger charge is 2.51. The van der Waals surface area contributed by atoms with Gasteiger partial charge in [0.05, 0.1) is 11.6 Å². The summed E-state index contributed by atoms with van der Waals surface area (Å²) in [6, 6.07) is -0.507. The van der Waals surface area contributed by atoms with E-state index in [1.54, 1.807) is 6.92 Å². The summed E-state index contributed by atoms with van der Waals surface area (Å²) in [5, 5.41) is 3.85. The summed E-state index contributed by atoms with van der Waals surface area (Å²) < 4.78 is 7.48. The van der Waals surface area contributed by atoms with Crippen molar-refractivity contribution in [2.75, 3.05) is 0 Å². The number of aromatic nitrogens is 2. The van der Waals surface area contributed by atoms with Crippen LogP contribution in [0.25, 0.3) is 10.4 Å². The van der Waals surface area contributed by atoms with Gasteiger partial charge in [-0.05, 0) is 31.2 Å². The summed E-state index contributed by atoms with van der Waals surface area (Å²) in [5.74, 6) is -0.0393. The molecule has 1 aromatic heterocycles. The molecule has 1 aliphatic heterocycles. The molecular formula is C14H21N5O3. The second-order valence-corrected chi connectivity index (χ2v) is 5.74. The smallest absolute Gasteiger partial charge is 0.330 e. The zero-order valence-corrected chi connectivity index (χ0v) is 13.2. The summed E-state index contributed by atoms with van der Waals surface area (Å²) in [5.41, 5.74) is 7.82. The van der Waals surface area contributed by atoms with Gasteiger partial charge in [-0.3, -0.25) is 14.3 Å². The Morgan fingerprint density at radius 1 is 1.45 bits per heavy atom. The molecule has 8 nitrogen and oxygen atoms in total. The molecule has 2 rings (SSSR count). The molecule has 0 unspecified atom stereocenters. The predicted molar refractivity (Wildman–Crippen MR) is 81.6 cm³/mol. The van der Waals surface area contributed by atoms with Crippen LogP contribution in [-0.4, -0.2) is 21.2 Å². The predicted octanol–water partition coefficient (Wildman–Crippen LogP) is 2.25. The zero-order chi connectivity index (χ0) is 16.5. The second kappa shape index (κ2) is 5.98. The van der Waals surface area contributed by atoms with Crippen LogP contribution in [0.3, 0.4) is 0 Å². The fourth-order valence-electron chi connectivity index (χ4n) is 3.25.